The van der Waals surface area contributed by atoms with E-state index < -0.39 is 0 Å². The molecule has 0 aliphatic heterocycles. The molecule has 0 spiro atoms. The predicted molar refractivity (Wildman–Crippen MR) is 63.0 cm³/mol. The largest absolute Gasteiger partial charge is 0.393 e. The van der Waals surface area contributed by atoms with Crippen LogP contribution in [0.2, 0.25) is 0 Å². The Kier molecular flexibility index (Phi) is 3.61. The zero-order valence-corrected chi connectivity index (χ0v) is 10.1. The van der Waals surface area contributed by atoms with E-state index in [2.05, 4.69) is 16.5 Å². The minimum absolute atomic E-state index is 0.0641. The van der Waals surface area contributed by atoms with Crippen LogP contribution in [0.25, 0.3) is 0 Å². The van der Waals surface area contributed by atoms with Gasteiger partial charge in [0.25, 0.3) is 0 Å². The van der Waals surface area contributed by atoms with E-state index in [9.17, 15) is 5.11 Å². The molecule has 4 nitrogen and oxygen atoms in total. The van der Waals surface area contributed by atoms with Crippen molar-refractivity contribution in [1.29, 1.82) is 0 Å². The highest BCUT2D eigenvalue weighted by Crippen LogP contribution is 2.24. The van der Waals surface area contributed by atoms with E-state index in [1.165, 1.54) is 5.69 Å². The zero-order chi connectivity index (χ0) is 11.5. The van der Waals surface area contributed by atoms with Gasteiger partial charge >= 0.3 is 0 Å². The van der Waals surface area contributed by atoms with E-state index in [1.54, 1.807) is 0 Å². The van der Waals surface area contributed by atoms with Crippen LogP contribution in [0, 0.1) is 12.8 Å². The standard InChI is InChI=1S/C12H21N3O/c1-9-5-11(15(2)14-9)8-13-7-10-3-4-12(16)6-10/h5,10,12-13,16H,3-4,6-8H2,1-2H3. The summed E-state index contributed by atoms with van der Waals surface area (Å²) in [5.74, 6) is 0.643. The fourth-order valence-corrected chi connectivity index (χ4v) is 2.47. The summed E-state index contributed by atoms with van der Waals surface area (Å²) in [4.78, 5) is 0. The number of rotatable bonds is 4. The van der Waals surface area contributed by atoms with Crippen LogP contribution in [0.1, 0.15) is 30.7 Å². The van der Waals surface area contributed by atoms with Gasteiger partial charge in [0.2, 0.25) is 0 Å². The number of aliphatic hydroxyl groups excluding tert-OH is 1. The highest BCUT2D eigenvalue weighted by atomic mass is 16.3. The second-order valence-corrected chi connectivity index (χ2v) is 4.86. The van der Waals surface area contributed by atoms with E-state index >= 15 is 0 Å². The van der Waals surface area contributed by atoms with Crippen LogP contribution >= 0.6 is 0 Å². The van der Waals surface area contributed by atoms with E-state index in [-0.39, 0.29) is 6.10 Å². The van der Waals surface area contributed by atoms with Crippen LogP contribution in [0.15, 0.2) is 6.07 Å². The number of nitrogens with zero attached hydrogens (tertiary/aromatic N) is 2. The van der Waals surface area contributed by atoms with Crippen molar-refractivity contribution in [3.63, 3.8) is 0 Å². The first kappa shape index (κ1) is 11.6. The molecule has 16 heavy (non-hydrogen) atoms. The maximum absolute atomic E-state index is 9.42. The van der Waals surface area contributed by atoms with Crippen LogP contribution in [-0.2, 0) is 13.6 Å². The van der Waals surface area contributed by atoms with Gasteiger partial charge in [-0.2, -0.15) is 5.10 Å². The number of nitrogens with one attached hydrogen (secondary N) is 1. The number of aryl methyl sites for hydroxylation is 2. The fraction of sp³-hybridized carbons (Fsp3) is 0.750. The Bertz CT molecular complexity index is 348. The van der Waals surface area contributed by atoms with Crippen molar-refractivity contribution in [3.8, 4) is 0 Å². The fourth-order valence-electron chi connectivity index (χ4n) is 2.47. The van der Waals surface area contributed by atoms with Gasteiger partial charge in [-0.15, -0.1) is 0 Å². The minimum atomic E-state index is -0.0641. The minimum Gasteiger partial charge on any atom is -0.393 e. The first-order chi connectivity index (χ1) is 7.65. The summed E-state index contributed by atoms with van der Waals surface area (Å²) >= 11 is 0. The van der Waals surface area contributed by atoms with Crippen molar-refractivity contribution in [1.82, 2.24) is 15.1 Å². The van der Waals surface area contributed by atoms with Crippen LogP contribution in [0.5, 0.6) is 0 Å². The maximum Gasteiger partial charge on any atom is 0.0597 e. The number of aliphatic hydroxyl groups is 1. The second kappa shape index (κ2) is 4.97. The summed E-state index contributed by atoms with van der Waals surface area (Å²) in [6, 6.07) is 2.11. The molecular weight excluding hydrogens is 202 g/mol. The van der Waals surface area contributed by atoms with Crippen LogP contribution < -0.4 is 5.32 Å². The molecule has 4 heteroatoms. The molecule has 1 saturated carbocycles. The molecule has 90 valence electrons. The lowest BCUT2D eigenvalue weighted by atomic mass is 10.1. The molecule has 2 N–H and O–H groups in total. The highest BCUT2D eigenvalue weighted by Gasteiger charge is 2.22. The summed E-state index contributed by atoms with van der Waals surface area (Å²) in [5, 5.41) is 17.2. The van der Waals surface area contributed by atoms with Gasteiger partial charge in [0.1, 0.15) is 0 Å². The Morgan fingerprint density at radius 2 is 2.38 bits per heavy atom. The molecule has 1 heterocycles. The molecule has 0 aromatic carbocycles. The van der Waals surface area contributed by atoms with E-state index in [0.717, 1.165) is 38.0 Å². The first-order valence-electron chi connectivity index (χ1n) is 6.03. The normalized spacial score (nSPS) is 25.2. The van der Waals surface area contributed by atoms with Crippen molar-refractivity contribution >= 4 is 0 Å². The summed E-state index contributed by atoms with van der Waals surface area (Å²) in [6.07, 6.45) is 3.01. The highest BCUT2D eigenvalue weighted by molar-refractivity contribution is 5.08. The topological polar surface area (TPSA) is 50.1 Å². The molecule has 1 aromatic heterocycles. The Labute approximate surface area is 96.7 Å². The third-order valence-corrected chi connectivity index (χ3v) is 3.35. The molecule has 2 atom stereocenters. The summed E-state index contributed by atoms with van der Waals surface area (Å²) in [7, 11) is 1.98. The lowest BCUT2D eigenvalue weighted by molar-refractivity contribution is 0.177. The van der Waals surface area contributed by atoms with Gasteiger partial charge in [-0.1, -0.05) is 0 Å². The smallest absolute Gasteiger partial charge is 0.0597 e. The van der Waals surface area contributed by atoms with E-state index in [1.807, 2.05) is 18.7 Å². The van der Waals surface area contributed by atoms with Crippen molar-refractivity contribution in [2.75, 3.05) is 6.54 Å². The number of aromatic nitrogens is 2. The third kappa shape index (κ3) is 2.83. The molecule has 2 unspecified atom stereocenters. The van der Waals surface area contributed by atoms with Crippen LogP contribution in [0.4, 0.5) is 0 Å². The molecule has 1 aliphatic rings. The third-order valence-electron chi connectivity index (χ3n) is 3.35. The predicted octanol–water partition coefficient (Wildman–Crippen LogP) is 0.979. The maximum atomic E-state index is 9.42. The van der Waals surface area contributed by atoms with Crippen molar-refractivity contribution in [3.05, 3.63) is 17.5 Å². The van der Waals surface area contributed by atoms with Gasteiger partial charge in [0.05, 0.1) is 17.5 Å². The van der Waals surface area contributed by atoms with Gasteiger partial charge in [0, 0.05) is 13.6 Å². The van der Waals surface area contributed by atoms with E-state index in [0.29, 0.717) is 5.92 Å². The molecule has 0 radical (unpaired) electrons. The summed E-state index contributed by atoms with van der Waals surface area (Å²) in [5.41, 5.74) is 2.28. The molecule has 1 fully saturated rings. The molecule has 0 amide bonds. The number of hydrogen-bond donors (Lipinski definition) is 2. The first-order valence-corrected chi connectivity index (χ1v) is 6.03. The van der Waals surface area contributed by atoms with Gasteiger partial charge in [-0.05, 0) is 44.7 Å². The SMILES string of the molecule is Cc1cc(CNCC2CCC(O)C2)n(C)n1. The molecule has 0 bridgehead atoms. The zero-order valence-electron chi connectivity index (χ0n) is 10.1. The van der Waals surface area contributed by atoms with Crippen LogP contribution in [-0.4, -0.2) is 27.5 Å². The Morgan fingerprint density at radius 1 is 1.56 bits per heavy atom. The van der Waals surface area contributed by atoms with Gasteiger partial charge in [0.15, 0.2) is 0 Å². The monoisotopic (exact) mass is 223 g/mol. The molecule has 1 aromatic rings. The van der Waals surface area contributed by atoms with E-state index in [4.69, 9.17) is 0 Å². The van der Waals surface area contributed by atoms with Gasteiger partial charge in [-0.3, -0.25) is 4.68 Å². The molecule has 2 rings (SSSR count). The molecule has 0 saturated heterocycles. The van der Waals surface area contributed by atoms with Gasteiger partial charge in [-0.25, -0.2) is 0 Å². The molecular formula is C12H21N3O. The van der Waals surface area contributed by atoms with Gasteiger partial charge < -0.3 is 10.4 Å². The second-order valence-electron chi connectivity index (χ2n) is 4.86. The van der Waals surface area contributed by atoms with Crippen molar-refractivity contribution < 1.29 is 5.11 Å². The average Bonchev–Trinajstić information content (AvgIpc) is 2.74. The Morgan fingerprint density at radius 3 is 2.94 bits per heavy atom. The quantitative estimate of drug-likeness (QED) is 0.800. The van der Waals surface area contributed by atoms with Crippen molar-refractivity contribution in [2.45, 2.75) is 38.8 Å². The molecule has 1 aliphatic carbocycles. The lowest BCUT2D eigenvalue weighted by Crippen LogP contribution is -2.22. The van der Waals surface area contributed by atoms with Crippen molar-refractivity contribution in [2.24, 2.45) is 13.0 Å². The lowest BCUT2D eigenvalue weighted by Gasteiger charge is -2.10. The Hall–Kier alpha value is -0.870. The summed E-state index contributed by atoms with van der Waals surface area (Å²) < 4.78 is 1.92. The summed E-state index contributed by atoms with van der Waals surface area (Å²) in [6.45, 7) is 3.88. The average molecular weight is 223 g/mol. The Balaban J connectivity index is 1.74. The number of hydrogen-bond acceptors (Lipinski definition) is 3. The van der Waals surface area contributed by atoms with Crippen LogP contribution in [0.3, 0.4) is 0 Å².